The van der Waals surface area contributed by atoms with E-state index in [2.05, 4.69) is 21.3 Å². The topological polar surface area (TPSA) is 78.0 Å². The van der Waals surface area contributed by atoms with E-state index < -0.39 is 4.99 Å². The van der Waals surface area contributed by atoms with E-state index in [1.54, 1.807) is 19.2 Å². The van der Waals surface area contributed by atoms with Crippen LogP contribution < -0.4 is 20.9 Å². The lowest BCUT2D eigenvalue weighted by molar-refractivity contribution is -0.131. The zero-order valence-electron chi connectivity index (χ0n) is 14.0. The molecule has 1 unspecified atom stereocenters. The van der Waals surface area contributed by atoms with Crippen LogP contribution in [-0.4, -0.2) is 34.3 Å². The van der Waals surface area contributed by atoms with Crippen molar-refractivity contribution in [2.75, 3.05) is 12.4 Å². The predicted molar refractivity (Wildman–Crippen MR) is 110 cm³/mol. The lowest BCUT2D eigenvalue weighted by Crippen LogP contribution is -2.70. The van der Waals surface area contributed by atoms with E-state index in [9.17, 15) is 4.79 Å². The van der Waals surface area contributed by atoms with Gasteiger partial charge in [0.2, 0.25) is 10.1 Å². The van der Waals surface area contributed by atoms with Gasteiger partial charge in [0.1, 0.15) is 5.75 Å². The maximum atomic E-state index is 13.2. The summed E-state index contributed by atoms with van der Waals surface area (Å²) in [5.74, 6) is 0.357. The first-order chi connectivity index (χ1) is 13.0. The number of carbonyl (C=O) groups excluding carboxylic acids is 1. The van der Waals surface area contributed by atoms with Gasteiger partial charge in [0, 0.05) is 15.5 Å². The summed E-state index contributed by atoms with van der Waals surface area (Å²) in [5, 5.41) is 9.25. The van der Waals surface area contributed by atoms with E-state index in [0.29, 0.717) is 16.3 Å². The number of ether oxygens (including phenoxy) is 1. The van der Waals surface area contributed by atoms with Gasteiger partial charge in [-0.25, -0.2) is 0 Å². The molecule has 1 spiro atoms. The number of benzene rings is 2. The Labute approximate surface area is 170 Å². The number of rotatable bonds is 3. The van der Waals surface area contributed by atoms with Crippen LogP contribution in [-0.2, 0) is 4.79 Å². The molecular formula is C17H14ClN5O2S2. The van der Waals surface area contributed by atoms with Gasteiger partial charge in [0.25, 0.3) is 0 Å². The van der Waals surface area contributed by atoms with Gasteiger partial charge in [-0.05, 0) is 36.5 Å². The summed E-state index contributed by atoms with van der Waals surface area (Å²) in [5.41, 5.74) is 7.28. The molecule has 1 atom stereocenters. The Kier molecular flexibility index (Phi) is 4.68. The van der Waals surface area contributed by atoms with Crippen molar-refractivity contribution >= 4 is 58.5 Å². The normalized spacial score (nSPS) is 21.3. The van der Waals surface area contributed by atoms with Gasteiger partial charge >= 0.3 is 5.91 Å². The first-order valence-corrected chi connectivity index (χ1v) is 9.48. The SMILES string of the molecule is COc1ccc2c(c1)SC1(NNC(=S)N(/N=C/c3ccccc3Cl)C1=O)N2. The molecule has 0 radical (unpaired) electrons. The number of carbonyl (C=O) groups is 1. The highest BCUT2D eigenvalue weighted by molar-refractivity contribution is 8.02. The van der Waals surface area contributed by atoms with E-state index >= 15 is 0 Å². The number of nitrogens with one attached hydrogen (secondary N) is 3. The number of hydrogen-bond acceptors (Lipinski definition) is 7. The molecule has 1 fully saturated rings. The number of amides is 1. The van der Waals surface area contributed by atoms with Crippen LogP contribution in [0.2, 0.25) is 5.02 Å². The zero-order chi connectivity index (χ0) is 19.0. The predicted octanol–water partition coefficient (Wildman–Crippen LogP) is 2.78. The third kappa shape index (κ3) is 3.23. The minimum atomic E-state index is -1.17. The highest BCUT2D eigenvalue weighted by atomic mass is 35.5. The van der Waals surface area contributed by atoms with E-state index in [1.807, 2.05) is 30.3 Å². The van der Waals surface area contributed by atoms with Crippen molar-refractivity contribution in [1.82, 2.24) is 15.9 Å². The fourth-order valence-electron chi connectivity index (χ4n) is 2.65. The Hall–Kier alpha value is -2.33. The zero-order valence-corrected chi connectivity index (χ0v) is 16.4. The standard InChI is InChI=1S/C17H14ClN5O2S2/c1-25-11-6-7-13-14(8-11)27-17(20-13)15(24)23(16(26)21-22-17)19-9-10-4-2-3-5-12(10)18/h2-9,20,22H,1H3,(H,21,26)/b19-9+. The van der Waals surface area contributed by atoms with Crippen LogP contribution in [0.3, 0.4) is 0 Å². The molecule has 0 aromatic heterocycles. The Bertz CT molecular complexity index is 970. The van der Waals surface area contributed by atoms with Crippen molar-refractivity contribution in [3.05, 3.63) is 53.1 Å². The Morgan fingerprint density at radius 2 is 2.15 bits per heavy atom. The van der Waals surface area contributed by atoms with Crippen molar-refractivity contribution in [2.45, 2.75) is 9.89 Å². The molecule has 2 aliphatic rings. The molecule has 3 N–H and O–H groups in total. The average Bonchev–Trinajstić information content (AvgIpc) is 3.05. The fraction of sp³-hybridized carbons (Fsp3) is 0.118. The van der Waals surface area contributed by atoms with E-state index in [4.69, 9.17) is 28.6 Å². The molecule has 138 valence electrons. The van der Waals surface area contributed by atoms with Gasteiger partial charge in [-0.15, -0.1) is 0 Å². The van der Waals surface area contributed by atoms with Gasteiger partial charge in [0.05, 0.1) is 19.0 Å². The quantitative estimate of drug-likeness (QED) is 0.521. The number of nitrogens with zero attached hydrogens (tertiary/aromatic N) is 2. The van der Waals surface area contributed by atoms with Crippen LogP contribution in [0.5, 0.6) is 5.75 Å². The molecule has 27 heavy (non-hydrogen) atoms. The molecule has 2 heterocycles. The third-order valence-corrected chi connectivity index (χ3v) is 5.87. The van der Waals surface area contributed by atoms with E-state index in [1.165, 1.54) is 18.0 Å². The van der Waals surface area contributed by atoms with Crippen molar-refractivity contribution in [3.8, 4) is 5.75 Å². The van der Waals surface area contributed by atoms with Crippen LogP contribution in [0.4, 0.5) is 5.69 Å². The number of thioether (sulfide) groups is 1. The molecule has 0 saturated carbocycles. The maximum Gasteiger partial charge on any atom is 0.303 e. The fourth-order valence-corrected chi connectivity index (χ4v) is 4.18. The number of methoxy groups -OCH3 is 1. The molecule has 10 heteroatoms. The van der Waals surface area contributed by atoms with Crippen molar-refractivity contribution in [1.29, 1.82) is 0 Å². The van der Waals surface area contributed by atoms with Crippen LogP contribution in [0.15, 0.2) is 52.5 Å². The van der Waals surface area contributed by atoms with Crippen LogP contribution in [0.25, 0.3) is 0 Å². The van der Waals surface area contributed by atoms with Gasteiger partial charge in [-0.3, -0.25) is 10.2 Å². The molecule has 0 aliphatic carbocycles. The summed E-state index contributed by atoms with van der Waals surface area (Å²) in [4.78, 5) is 12.9. The number of hydrazone groups is 1. The molecular weight excluding hydrogens is 406 g/mol. The summed E-state index contributed by atoms with van der Waals surface area (Å²) >= 11 is 12.7. The number of hydrazine groups is 1. The Morgan fingerprint density at radius 3 is 2.93 bits per heavy atom. The lowest BCUT2D eigenvalue weighted by atomic mass is 10.2. The van der Waals surface area contributed by atoms with E-state index in [-0.39, 0.29) is 11.0 Å². The first kappa shape index (κ1) is 18.1. The average molecular weight is 420 g/mol. The molecule has 0 bridgehead atoms. The summed E-state index contributed by atoms with van der Waals surface area (Å²) in [6.45, 7) is 0. The maximum absolute atomic E-state index is 13.2. The van der Waals surface area contributed by atoms with Gasteiger partial charge in [0.15, 0.2) is 0 Å². The van der Waals surface area contributed by atoms with Crippen LogP contribution in [0, 0.1) is 0 Å². The first-order valence-electron chi connectivity index (χ1n) is 7.88. The molecule has 2 aliphatic heterocycles. The van der Waals surface area contributed by atoms with Crippen LogP contribution in [0.1, 0.15) is 5.56 Å². The smallest absolute Gasteiger partial charge is 0.303 e. The van der Waals surface area contributed by atoms with Crippen molar-refractivity contribution < 1.29 is 9.53 Å². The monoisotopic (exact) mass is 419 g/mol. The molecule has 2 aromatic rings. The molecule has 2 aromatic carbocycles. The molecule has 4 rings (SSSR count). The second-order valence-corrected chi connectivity index (χ2v) is 7.76. The second kappa shape index (κ2) is 7.01. The van der Waals surface area contributed by atoms with Crippen LogP contribution >= 0.6 is 35.6 Å². The largest absolute Gasteiger partial charge is 0.497 e. The lowest BCUT2D eigenvalue weighted by Gasteiger charge is -2.37. The summed E-state index contributed by atoms with van der Waals surface area (Å²) in [6, 6.07) is 12.7. The number of hydrogen-bond donors (Lipinski definition) is 3. The Morgan fingerprint density at radius 1 is 1.33 bits per heavy atom. The summed E-state index contributed by atoms with van der Waals surface area (Å²) in [6.07, 6.45) is 1.50. The van der Waals surface area contributed by atoms with Gasteiger partial charge in [-0.2, -0.15) is 15.5 Å². The number of fused-ring (bicyclic) bond motifs is 1. The third-order valence-electron chi connectivity index (χ3n) is 4.01. The number of thiocarbonyl (C=S) groups is 1. The Balaban J connectivity index is 1.61. The van der Waals surface area contributed by atoms with Crippen molar-refractivity contribution in [3.63, 3.8) is 0 Å². The van der Waals surface area contributed by atoms with Gasteiger partial charge < -0.3 is 10.1 Å². The minimum Gasteiger partial charge on any atom is -0.497 e. The summed E-state index contributed by atoms with van der Waals surface area (Å²) in [7, 11) is 1.60. The summed E-state index contributed by atoms with van der Waals surface area (Å²) < 4.78 is 5.25. The highest BCUT2D eigenvalue weighted by Gasteiger charge is 2.51. The minimum absolute atomic E-state index is 0.143. The number of halogens is 1. The van der Waals surface area contributed by atoms with Gasteiger partial charge in [-0.1, -0.05) is 41.6 Å². The highest BCUT2D eigenvalue weighted by Crippen LogP contribution is 2.46. The van der Waals surface area contributed by atoms with Crippen molar-refractivity contribution in [2.24, 2.45) is 5.10 Å². The second-order valence-electron chi connectivity index (χ2n) is 5.71. The van der Waals surface area contributed by atoms with E-state index in [0.717, 1.165) is 15.6 Å². The molecule has 1 saturated heterocycles. The number of anilines is 1. The molecule has 7 nitrogen and oxygen atoms in total. The molecule has 1 amide bonds.